The number of carbonyl (C=O) groups is 2. The Labute approximate surface area is 134 Å². The quantitative estimate of drug-likeness (QED) is 0.945. The maximum atomic E-state index is 12.8. The van der Waals surface area contributed by atoms with Crippen molar-refractivity contribution in [3.8, 4) is 11.1 Å². The molecule has 0 bridgehead atoms. The summed E-state index contributed by atoms with van der Waals surface area (Å²) in [5, 5.41) is 9.26. The lowest BCUT2D eigenvalue weighted by Crippen LogP contribution is -2.45. The number of rotatable bonds is 3. The van der Waals surface area contributed by atoms with Crippen LogP contribution in [0.1, 0.15) is 23.9 Å². The van der Waals surface area contributed by atoms with E-state index in [0.717, 1.165) is 11.1 Å². The molecule has 2 atom stereocenters. The van der Waals surface area contributed by atoms with E-state index >= 15 is 0 Å². The van der Waals surface area contributed by atoms with E-state index in [1.54, 1.807) is 11.0 Å². The first kappa shape index (κ1) is 15.3. The summed E-state index contributed by atoms with van der Waals surface area (Å²) in [6, 6.07) is 11.3. The van der Waals surface area contributed by atoms with Gasteiger partial charge in [-0.15, -0.1) is 0 Å². The standard InChI is InChI=1S/C18H19NO4/c1-12-9-14(18(21)22)11-19(10-12)17(20)16-15(7-8-23-16)13-5-3-2-4-6-13/h2-8,12,14H,9-11H2,1H3,(H,21,22). The van der Waals surface area contributed by atoms with Gasteiger partial charge in [0.2, 0.25) is 0 Å². The van der Waals surface area contributed by atoms with E-state index in [1.807, 2.05) is 37.3 Å². The summed E-state index contributed by atoms with van der Waals surface area (Å²) in [7, 11) is 0. The number of aliphatic carboxylic acids is 1. The number of furan rings is 1. The number of carboxylic acid groups (broad SMARTS) is 1. The van der Waals surface area contributed by atoms with Crippen molar-refractivity contribution in [3.63, 3.8) is 0 Å². The first-order valence-electron chi connectivity index (χ1n) is 7.71. The van der Waals surface area contributed by atoms with Crippen LogP contribution in [0.5, 0.6) is 0 Å². The second-order valence-electron chi connectivity index (χ2n) is 6.12. The van der Waals surface area contributed by atoms with Gasteiger partial charge >= 0.3 is 5.97 Å². The van der Waals surface area contributed by atoms with Gasteiger partial charge < -0.3 is 14.4 Å². The summed E-state index contributed by atoms with van der Waals surface area (Å²) in [6.07, 6.45) is 2.10. The summed E-state index contributed by atoms with van der Waals surface area (Å²) in [5.74, 6) is -1.18. The van der Waals surface area contributed by atoms with Gasteiger partial charge in [-0.2, -0.15) is 0 Å². The van der Waals surface area contributed by atoms with Gasteiger partial charge in [0, 0.05) is 18.7 Å². The first-order valence-corrected chi connectivity index (χ1v) is 7.71. The number of carbonyl (C=O) groups excluding carboxylic acids is 1. The molecule has 0 aliphatic carbocycles. The number of hydrogen-bond acceptors (Lipinski definition) is 3. The Morgan fingerprint density at radius 1 is 1.17 bits per heavy atom. The van der Waals surface area contributed by atoms with E-state index in [9.17, 15) is 14.7 Å². The van der Waals surface area contributed by atoms with E-state index in [4.69, 9.17) is 4.42 Å². The average molecular weight is 313 g/mol. The fourth-order valence-electron chi connectivity index (χ4n) is 3.16. The Morgan fingerprint density at radius 2 is 1.91 bits per heavy atom. The highest BCUT2D eigenvalue weighted by Crippen LogP contribution is 2.28. The monoisotopic (exact) mass is 313 g/mol. The van der Waals surface area contributed by atoms with Gasteiger partial charge in [-0.1, -0.05) is 37.3 Å². The van der Waals surface area contributed by atoms with Crippen molar-refractivity contribution in [2.75, 3.05) is 13.1 Å². The van der Waals surface area contributed by atoms with Crippen LogP contribution < -0.4 is 0 Å². The van der Waals surface area contributed by atoms with Crippen molar-refractivity contribution in [1.29, 1.82) is 0 Å². The summed E-state index contributed by atoms with van der Waals surface area (Å²) in [5.41, 5.74) is 1.64. The molecular formula is C18H19NO4. The molecule has 120 valence electrons. The van der Waals surface area contributed by atoms with E-state index in [2.05, 4.69) is 0 Å². The van der Waals surface area contributed by atoms with E-state index in [1.165, 1.54) is 6.26 Å². The molecule has 2 unspecified atom stereocenters. The third-order valence-corrected chi connectivity index (χ3v) is 4.24. The predicted octanol–water partition coefficient (Wildman–Crippen LogP) is 3.13. The van der Waals surface area contributed by atoms with Gasteiger partial charge in [-0.25, -0.2) is 0 Å². The van der Waals surface area contributed by atoms with Crippen LogP contribution in [-0.4, -0.2) is 35.0 Å². The van der Waals surface area contributed by atoms with Crippen LogP contribution >= 0.6 is 0 Å². The summed E-state index contributed by atoms with van der Waals surface area (Å²) >= 11 is 0. The maximum absolute atomic E-state index is 12.8. The van der Waals surface area contributed by atoms with Gasteiger partial charge in [0.25, 0.3) is 5.91 Å². The van der Waals surface area contributed by atoms with Crippen LogP contribution in [0.2, 0.25) is 0 Å². The van der Waals surface area contributed by atoms with E-state index in [0.29, 0.717) is 13.0 Å². The molecule has 0 saturated carbocycles. The van der Waals surface area contributed by atoms with Crippen LogP contribution in [-0.2, 0) is 4.79 Å². The van der Waals surface area contributed by atoms with Gasteiger partial charge in [-0.3, -0.25) is 9.59 Å². The number of benzene rings is 1. The molecule has 3 rings (SSSR count). The van der Waals surface area contributed by atoms with Gasteiger partial charge in [-0.05, 0) is 24.0 Å². The summed E-state index contributed by atoms with van der Waals surface area (Å²) in [4.78, 5) is 25.7. The minimum Gasteiger partial charge on any atom is -0.481 e. The highest BCUT2D eigenvalue weighted by molar-refractivity contribution is 5.98. The van der Waals surface area contributed by atoms with E-state index in [-0.39, 0.29) is 24.1 Å². The molecule has 1 saturated heterocycles. The lowest BCUT2D eigenvalue weighted by Gasteiger charge is -2.34. The van der Waals surface area contributed by atoms with Crippen LogP contribution in [0, 0.1) is 11.8 Å². The van der Waals surface area contributed by atoms with Gasteiger partial charge in [0.15, 0.2) is 5.76 Å². The van der Waals surface area contributed by atoms with Gasteiger partial charge in [0.1, 0.15) is 0 Å². The lowest BCUT2D eigenvalue weighted by molar-refractivity contribution is -0.143. The van der Waals surface area contributed by atoms with Crippen molar-refractivity contribution in [2.24, 2.45) is 11.8 Å². The SMILES string of the molecule is CC1CC(C(=O)O)CN(C(=O)c2occc2-c2ccccc2)C1. The van der Waals surface area contributed by atoms with Crippen LogP contribution in [0.4, 0.5) is 0 Å². The van der Waals surface area contributed by atoms with Crippen LogP contribution in [0.25, 0.3) is 11.1 Å². The predicted molar refractivity (Wildman–Crippen MR) is 85.0 cm³/mol. The minimum absolute atomic E-state index is 0.156. The molecule has 1 aliphatic rings. The molecule has 1 fully saturated rings. The lowest BCUT2D eigenvalue weighted by atomic mass is 9.90. The molecule has 23 heavy (non-hydrogen) atoms. The smallest absolute Gasteiger partial charge is 0.308 e. The Balaban J connectivity index is 1.87. The summed E-state index contributed by atoms with van der Waals surface area (Å²) < 4.78 is 5.43. The molecule has 1 aliphatic heterocycles. The second kappa shape index (κ2) is 6.28. The average Bonchev–Trinajstić information content (AvgIpc) is 3.04. The first-order chi connectivity index (χ1) is 11.1. The molecule has 0 radical (unpaired) electrons. The third-order valence-electron chi connectivity index (χ3n) is 4.24. The van der Waals surface area contributed by atoms with Crippen LogP contribution in [0.15, 0.2) is 47.1 Å². The molecule has 1 N–H and O–H groups in total. The fourth-order valence-corrected chi connectivity index (χ4v) is 3.16. The fraction of sp³-hybridized carbons (Fsp3) is 0.333. The van der Waals surface area contributed by atoms with Crippen molar-refractivity contribution in [2.45, 2.75) is 13.3 Å². The zero-order valence-corrected chi connectivity index (χ0v) is 12.9. The van der Waals surface area contributed by atoms with Crippen molar-refractivity contribution < 1.29 is 19.1 Å². The molecule has 1 aromatic carbocycles. The molecule has 5 heteroatoms. The Hall–Kier alpha value is -2.56. The molecule has 2 heterocycles. The largest absolute Gasteiger partial charge is 0.481 e. The number of hydrogen-bond donors (Lipinski definition) is 1. The molecule has 5 nitrogen and oxygen atoms in total. The highest BCUT2D eigenvalue weighted by Gasteiger charge is 2.34. The normalized spacial score (nSPS) is 21.2. The van der Waals surface area contributed by atoms with Crippen LogP contribution in [0.3, 0.4) is 0 Å². The van der Waals surface area contributed by atoms with E-state index < -0.39 is 11.9 Å². The molecule has 2 aromatic rings. The maximum Gasteiger partial charge on any atom is 0.308 e. The van der Waals surface area contributed by atoms with Crippen molar-refractivity contribution in [1.82, 2.24) is 4.90 Å². The van der Waals surface area contributed by atoms with Crippen molar-refractivity contribution in [3.05, 3.63) is 48.4 Å². The van der Waals surface area contributed by atoms with Crippen molar-refractivity contribution >= 4 is 11.9 Å². The molecule has 1 amide bonds. The number of carboxylic acids is 1. The molecule has 1 aromatic heterocycles. The molecule has 0 spiro atoms. The molecular weight excluding hydrogens is 294 g/mol. The zero-order chi connectivity index (χ0) is 16.4. The highest BCUT2D eigenvalue weighted by atomic mass is 16.4. The number of amides is 1. The Kier molecular flexibility index (Phi) is 4.19. The number of likely N-dealkylation sites (tertiary alicyclic amines) is 1. The number of nitrogens with zero attached hydrogens (tertiary/aromatic N) is 1. The number of piperidine rings is 1. The summed E-state index contributed by atoms with van der Waals surface area (Å²) in [6.45, 7) is 2.75. The topological polar surface area (TPSA) is 70.8 Å². The second-order valence-corrected chi connectivity index (χ2v) is 6.12. The minimum atomic E-state index is -0.850. The zero-order valence-electron chi connectivity index (χ0n) is 12.9. The Bertz CT molecular complexity index is 707. The van der Waals surface area contributed by atoms with Gasteiger partial charge in [0.05, 0.1) is 12.2 Å². The third kappa shape index (κ3) is 3.13. The Morgan fingerprint density at radius 3 is 2.61 bits per heavy atom.